The van der Waals surface area contributed by atoms with E-state index in [0.29, 0.717) is 17.1 Å². The van der Waals surface area contributed by atoms with Crippen molar-refractivity contribution >= 4 is 22.7 Å². The van der Waals surface area contributed by atoms with Gasteiger partial charge in [-0.2, -0.15) is 0 Å². The second-order valence-electron chi connectivity index (χ2n) is 3.50. The van der Waals surface area contributed by atoms with E-state index in [0.717, 1.165) is 0 Å². The zero-order valence-electron chi connectivity index (χ0n) is 9.00. The minimum atomic E-state index is -0.179. The van der Waals surface area contributed by atoms with Crippen LogP contribution in [0.15, 0.2) is 48.5 Å². The second kappa shape index (κ2) is 4.52. The summed E-state index contributed by atoms with van der Waals surface area (Å²) in [6.45, 7) is 0. The summed E-state index contributed by atoms with van der Waals surface area (Å²) in [6, 6.07) is 13.8. The van der Waals surface area contributed by atoms with E-state index in [1.54, 1.807) is 30.3 Å². The van der Waals surface area contributed by atoms with Crippen LogP contribution in [0.3, 0.4) is 0 Å². The Balaban J connectivity index is 2.37. The summed E-state index contributed by atoms with van der Waals surface area (Å²) in [6.07, 6.45) is 0. The van der Waals surface area contributed by atoms with Crippen LogP contribution >= 0.6 is 0 Å². The number of nitrogens with one attached hydrogen (secondary N) is 1. The molecule has 0 radical (unpaired) electrons. The van der Waals surface area contributed by atoms with Crippen LogP contribution in [0.1, 0.15) is 0 Å². The molecule has 0 spiro atoms. The third-order valence-corrected chi connectivity index (χ3v) is 2.34. The van der Waals surface area contributed by atoms with Gasteiger partial charge in [-0.1, -0.05) is 24.3 Å². The largest absolute Gasteiger partial charge is 0.397 e. The van der Waals surface area contributed by atoms with Gasteiger partial charge in [-0.3, -0.25) is 0 Å². The highest BCUT2D eigenvalue weighted by atomic mass is 16.6. The molecule has 4 N–H and O–H groups in total. The van der Waals surface area contributed by atoms with Crippen molar-refractivity contribution in [1.29, 1.82) is 0 Å². The molecule has 0 aliphatic rings. The predicted octanol–water partition coefficient (Wildman–Crippen LogP) is 2.81. The van der Waals surface area contributed by atoms with Gasteiger partial charge in [-0.15, -0.1) is 0 Å². The average Bonchev–Trinajstić information content (AvgIpc) is 2.32. The van der Waals surface area contributed by atoms with Crippen molar-refractivity contribution in [2.75, 3.05) is 11.1 Å². The van der Waals surface area contributed by atoms with Gasteiger partial charge in [-0.25, -0.2) is 5.21 Å². The second-order valence-corrected chi connectivity index (χ2v) is 3.50. The van der Waals surface area contributed by atoms with Crippen LogP contribution in [0, 0.1) is 4.91 Å². The Morgan fingerprint density at radius 2 is 1.59 bits per heavy atom. The molecule has 0 saturated carbocycles. The summed E-state index contributed by atoms with van der Waals surface area (Å²) in [5.74, 6) is 0. The Labute approximate surface area is 98.0 Å². The van der Waals surface area contributed by atoms with Crippen molar-refractivity contribution in [2.45, 2.75) is 0 Å². The first-order valence-electron chi connectivity index (χ1n) is 5.05. The Morgan fingerprint density at radius 1 is 1.00 bits per heavy atom. The lowest BCUT2D eigenvalue weighted by atomic mass is 10.2. The molecule has 2 aromatic carbocycles. The van der Waals surface area contributed by atoms with Gasteiger partial charge in [0.25, 0.3) is 4.92 Å². The smallest absolute Gasteiger partial charge is 0.339 e. The van der Waals surface area contributed by atoms with Crippen molar-refractivity contribution < 1.29 is 10.1 Å². The molecule has 0 aliphatic heterocycles. The molecule has 0 saturated heterocycles. The van der Waals surface area contributed by atoms with Gasteiger partial charge in [0.2, 0.25) is 0 Å². The summed E-state index contributed by atoms with van der Waals surface area (Å²) >= 11 is 0. The van der Waals surface area contributed by atoms with Gasteiger partial charge in [0.05, 0.1) is 16.3 Å². The van der Waals surface area contributed by atoms with Crippen LogP contribution in [0.5, 0.6) is 0 Å². The summed E-state index contributed by atoms with van der Waals surface area (Å²) in [5, 5.41) is 12.0. The van der Waals surface area contributed by atoms with Gasteiger partial charge in [0.1, 0.15) is 5.69 Å². The molecule has 5 nitrogen and oxygen atoms in total. The molecule has 0 amide bonds. The monoisotopic (exact) mass is 230 g/mol. The normalized spacial score (nSPS) is 9.88. The van der Waals surface area contributed by atoms with E-state index >= 15 is 0 Å². The number of rotatable bonds is 3. The average molecular weight is 230 g/mol. The Kier molecular flexibility index (Phi) is 2.91. The third kappa shape index (κ3) is 2.34. The Hall–Kier alpha value is -2.56. The van der Waals surface area contributed by atoms with E-state index in [1.165, 1.54) is 6.07 Å². The van der Waals surface area contributed by atoms with Crippen LogP contribution in [0.25, 0.3) is 0 Å². The predicted molar refractivity (Wildman–Crippen MR) is 65.7 cm³/mol. The van der Waals surface area contributed by atoms with Gasteiger partial charge in [0, 0.05) is 6.07 Å². The molecule has 0 bridgehead atoms. The summed E-state index contributed by atoms with van der Waals surface area (Å²) in [4.78, 5) is 10.8. The molecular weight excluding hydrogens is 218 g/mol. The topological polar surface area (TPSA) is 78.4 Å². The van der Waals surface area contributed by atoms with Crippen molar-refractivity contribution in [1.82, 2.24) is 0 Å². The maximum Gasteiger partial charge on any atom is 0.339 e. The highest BCUT2D eigenvalue weighted by Crippen LogP contribution is 2.28. The van der Waals surface area contributed by atoms with E-state index in [1.807, 2.05) is 12.1 Å². The molecule has 2 aromatic rings. The Bertz CT molecular complexity index is 555. The van der Waals surface area contributed by atoms with Crippen LogP contribution < -0.4 is 11.1 Å². The molecule has 0 aliphatic carbocycles. The fourth-order valence-electron chi connectivity index (χ4n) is 1.50. The zero-order chi connectivity index (χ0) is 12.3. The van der Waals surface area contributed by atoms with Crippen LogP contribution in [0.2, 0.25) is 0 Å². The van der Waals surface area contributed by atoms with E-state index in [-0.39, 0.29) is 10.6 Å². The quantitative estimate of drug-likeness (QED) is 0.559. The lowest BCUT2D eigenvalue weighted by molar-refractivity contribution is -0.729. The lowest BCUT2D eigenvalue weighted by Gasteiger charge is -2.07. The minimum absolute atomic E-state index is 0.135. The molecule has 0 unspecified atom stereocenters. The maximum absolute atomic E-state index is 10.9. The van der Waals surface area contributed by atoms with Crippen molar-refractivity contribution in [3.63, 3.8) is 0 Å². The molecule has 17 heavy (non-hydrogen) atoms. The van der Waals surface area contributed by atoms with Crippen LogP contribution in [-0.4, -0.2) is 10.1 Å². The first-order valence-corrected chi connectivity index (χ1v) is 5.05. The van der Waals surface area contributed by atoms with Crippen molar-refractivity contribution in [2.24, 2.45) is 0 Å². The zero-order valence-corrected chi connectivity index (χ0v) is 9.00. The van der Waals surface area contributed by atoms with E-state index in [9.17, 15) is 4.91 Å². The van der Waals surface area contributed by atoms with Crippen LogP contribution in [-0.2, 0) is 0 Å². The SMILES string of the molecule is Nc1ccccc1Nc1ccccc1[N+](=O)O. The lowest BCUT2D eigenvalue weighted by Crippen LogP contribution is -2.00. The molecule has 0 atom stereocenters. The third-order valence-electron chi connectivity index (χ3n) is 2.34. The van der Waals surface area contributed by atoms with Crippen molar-refractivity contribution in [3.8, 4) is 0 Å². The van der Waals surface area contributed by atoms with Gasteiger partial charge in [-0.05, 0) is 18.2 Å². The fraction of sp³-hybridized carbons (Fsp3) is 0. The highest BCUT2D eigenvalue weighted by molar-refractivity contribution is 5.76. The van der Waals surface area contributed by atoms with Crippen molar-refractivity contribution in [3.05, 3.63) is 53.4 Å². The fourth-order valence-corrected chi connectivity index (χ4v) is 1.50. The first kappa shape index (κ1) is 10.9. The number of benzene rings is 2. The molecular formula is C12H12N3O2+. The van der Waals surface area contributed by atoms with E-state index in [2.05, 4.69) is 5.32 Å². The van der Waals surface area contributed by atoms with E-state index < -0.39 is 0 Å². The highest BCUT2D eigenvalue weighted by Gasteiger charge is 2.17. The molecule has 0 aromatic heterocycles. The number of hydrogen-bond donors (Lipinski definition) is 3. The summed E-state index contributed by atoms with van der Waals surface area (Å²) < 4.78 is 0. The maximum atomic E-state index is 10.9. The number of para-hydroxylation sites is 4. The molecule has 0 heterocycles. The Morgan fingerprint density at radius 3 is 2.24 bits per heavy atom. The molecule has 86 valence electrons. The standard InChI is InChI=1S/C12H12N3O2/c13-9-5-1-2-6-10(9)14-11-7-3-4-8-12(11)15(16)17/h1-8,14H,13H2,(H,16,17)/q+1. The number of anilines is 3. The number of hydrogen-bond acceptors (Lipinski definition) is 3. The van der Waals surface area contributed by atoms with Gasteiger partial charge < -0.3 is 11.1 Å². The molecule has 5 heteroatoms. The number of nitrogens with two attached hydrogens (primary N) is 1. The van der Waals surface area contributed by atoms with Gasteiger partial charge >= 0.3 is 5.69 Å². The number of nitrogen functional groups attached to an aromatic ring is 1. The minimum Gasteiger partial charge on any atom is -0.397 e. The van der Waals surface area contributed by atoms with Crippen LogP contribution in [0.4, 0.5) is 22.7 Å². The summed E-state index contributed by atoms with van der Waals surface area (Å²) in [5.41, 5.74) is 7.65. The van der Waals surface area contributed by atoms with E-state index in [4.69, 9.17) is 10.9 Å². The molecule has 0 fully saturated rings. The number of nitrogens with zero attached hydrogens (tertiary/aromatic N) is 1. The van der Waals surface area contributed by atoms with Gasteiger partial charge in [0.15, 0.2) is 0 Å². The summed E-state index contributed by atoms with van der Waals surface area (Å²) in [7, 11) is 0. The molecule has 2 rings (SSSR count). The first-order chi connectivity index (χ1) is 8.18.